The van der Waals surface area contributed by atoms with Crippen LogP contribution in [0.5, 0.6) is 0 Å². The Bertz CT molecular complexity index is 1230. The Balaban J connectivity index is 2.00. The molecule has 0 saturated heterocycles. The van der Waals surface area contributed by atoms with Gasteiger partial charge in [0.15, 0.2) is 5.65 Å². The SMILES string of the molecule is CNCCCNC(=O)c1c(=O)c2ccc(Cl)nc2n2c1sc1ccccc12. The number of para-hydroxylation sites is 1. The molecule has 0 spiro atoms. The summed E-state index contributed by atoms with van der Waals surface area (Å²) in [6, 6.07) is 10.9. The van der Waals surface area contributed by atoms with E-state index in [9.17, 15) is 9.59 Å². The normalized spacial score (nSPS) is 11.5. The largest absolute Gasteiger partial charge is 0.352 e. The van der Waals surface area contributed by atoms with E-state index in [4.69, 9.17) is 11.6 Å². The zero-order valence-corrected chi connectivity index (χ0v) is 16.2. The van der Waals surface area contributed by atoms with E-state index >= 15 is 0 Å². The smallest absolute Gasteiger partial charge is 0.258 e. The number of nitrogens with one attached hydrogen (secondary N) is 2. The summed E-state index contributed by atoms with van der Waals surface area (Å²) in [5, 5.41) is 6.57. The van der Waals surface area contributed by atoms with Crippen molar-refractivity contribution in [3.63, 3.8) is 0 Å². The fourth-order valence-corrected chi connectivity index (χ4v) is 4.45. The Morgan fingerprint density at radius 2 is 2.04 bits per heavy atom. The highest BCUT2D eigenvalue weighted by Crippen LogP contribution is 2.30. The van der Waals surface area contributed by atoms with Gasteiger partial charge < -0.3 is 10.6 Å². The van der Waals surface area contributed by atoms with Crippen molar-refractivity contribution in [2.24, 2.45) is 0 Å². The molecule has 0 unspecified atom stereocenters. The van der Waals surface area contributed by atoms with Gasteiger partial charge in [0.25, 0.3) is 5.91 Å². The predicted molar refractivity (Wildman–Crippen MR) is 110 cm³/mol. The second-order valence-corrected chi connectivity index (χ2v) is 7.55. The summed E-state index contributed by atoms with van der Waals surface area (Å²) in [6.07, 6.45) is 0.782. The number of carbonyl (C=O) groups excluding carboxylic acids is 1. The molecule has 0 aliphatic rings. The molecule has 2 N–H and O–H groups in total. The Labute approximate surface area is 163 Å². The molecule has 4 aromatic rings. The van der Waals surface area contributed by atoms with Crippen molar-refractivity contribution in [2.45, 2.75) is 6.42 Å². The van der Waals surface area contributed by atoms with Gasteiger partial charge in [0.05, 0.1) is 15.6 Å². The van der Waals surface area contributed by atoms with Crippen LogP contribution in [0.1, 0.15) is 16.8 Å². The van der Waals surface area contributed by atoms with E-state index in [1.807, 2.05) is 35.7 Å². The number of hydrogen-bond donors (Lipinski definition) is 2. The highest BCUT2D eigenvalue weighted by molar-refractivity contribution is 7.24. The van der Waals surface area contributed by atoms with Gasteiger partial charge in [-0.15, -0.1) is 11.3 Å². The quantitative estimate of drug-likeness (QED) is 0.399. The number of pyridine rings is 2. The summed E-state index contributed by atoms with van der Waals surface area (Å²) < 4.78 is 2.82. The van der Waals surface area contributed by atoms with Crippen LogP contribution in [0.15, 0.2) is 41.2 Å². The molecule has 4 rings (SSSR count). The summed E-state index contributed by atoms with van der Waals surface area (Å²) in [6.45, 7) is 1.28. The number of halogens is 1. The molecule has 0 aliphatic carbocycles. The fraction of sp³-hybridized carbons (Fsp3) is 0.211. The first-order valence-corrected chi connectivity index (χ1v) is 9.76. The van der Waals surface area contributed by atoms with Gasteiger partial charge in [-0.1, -0.05) is 23.7 Å². The van der Waals surface area contributed by atoms with Gasteiger partial charge in [0.1, 0.15) is 15.5 Å². The highest BCUT2D eigenvalue weighted by atomic mass is 35.5. The summed E-state index contributed by atoms with van der Waals surface area (Å²) in [5.74, 6) is -0.364. The number of aromatic nitrogens is 2. The van der Waals surface area contributed by atoms with Crippen molar-refractivity contribution in [2.75, 3.05) is 20.1 Å². The van der Waals surface area contributed by atoms with Gasteiger partial charge >= 0.3 is 0 Å². The predicted octanol–water partition coefficient (Wildman–Crippen LogP) is 3.06. The third-order valence-corrected chi connectivity index (χ3v) is 5.73. The first-order chi connectivity index (χ1) is 13.1. The van der Waals surface area contributed by atoms with Crippen LogP contribution < -0.4 is 16.1 Å². The molecule has 0 fully saturated rings. The number of carbonyl (C=O) groups is 1. The van der Waals surface area contributed by atoms with E-state index < -0.39 is 0 Å². The van der Waals surface area contributed by atoms with Crippen LogP contribution >= 0.6 is 22.9 Å². The van der Waals surface area contributed by atoms with Crippen LogP contribution in [-0.4, -0.2) is 35.4 Å². The Kier molecular flexibility index (Phi) is 4.82. The number of amides is 1. The van der Waals surface area contributed by atoms with Crippen molar-refractivity contribution >= 4 is 54.9 Å². The van der Waals surface area contributed by atoms with Crippen molar-refractivity contribution in [3.05, 3.63) is 57.3 Å². The Hall–Kier alpha value is -2.48. The molecule has 0 radical (unpaired) electrons. The number of benzene rings is 1. The number of nitrogens with zero attached hydrogens (tertiary/aromatic N) is 2. The standard InChI is InChI=1S/C19H17ClN4O2S/c1-21-9-4-10-22-18(26)15-16(25)11-7-8-14(20)23-17(11)24-12-5-2-3-6-13(12)27-19(15)24/h2-3,5-8,21H,4,9-10H2,1H3,(H,22,26). The minimum atomic E-state index is -0.364. The van der Waals surface area contributed by atoms with Gasteiger partial charge in [0, 0.05) is 6.54 Å². The third-order valence-electron chi connectivity index (χ3n) is 4.37. The Morgan fingerprint density at radius 3 is 2.85 bits per heavy atom. The highest BCUT2D eigenvalue weighted by Gasteiger charge is 2.22. The lowest BCUT2D eigenvalue weighted by molar-refractivity contribution is 0.0954. The van der Waals surface area contributed by atoms with Crippen LogP contribution in [0.25, 0.3) is 26.1 Å². The van der Waals surface area contributed by atoms with E-state index in [1.54, 1.807) is 12.1 Å². The molecule has 0 atom stereocenters. The molecule has 3 heterocycles. The monoisotopic (exact) mass is 400 g/mol. The molecule has 1 amide bonds. The second kappa shape index (κ2) is 7.26. The van der Waals surface area contributed by atoms with Crippen LogP contribution in [0.3, 0.4) is 0 Å². The van der Waals surface area contributed by atoms with Gasteiger partial charge in [-0.3, -0.25) is 14.0 Å². The molecule has 138 valence electrons. The van der Waals surface area contributed by atoms with Gasteiger partial charge in [-0.05, 0) is 44.3 Å². The van der Waals surface area contributed by atoms with Crippen LogP contribution in [0.4, 0.5) is 0 Å². The minimum absolute atomic E-state index is 0.150. The van der Waals surface area contributed by atoms with Crippen LogP contribution in [0.2, 0.25) is 5.15 Å². The lowest BCUT2D eigenvalue weighted by Crippen LogP contribution is -2.31. The summed E-state index contributed by atoms with van der Waals surface area (Å²) in [7, 11) is 1.86. The first-order valence-electron chi connectivity index (χ1n) is 8.57. The minimum Gasteiger partial charge on any atom is -0.352 e. The topological polar surface area (TPSA) is 75.5 Å². The zero-order valence-electron chi connectivity index (χ0n) is 14.6. The molecule has 8 heteroatoms. The van der Waals surface area contributed by atoms with E-state index in [0.29, 0.717) is 27.6 Å². The van der Waals surface area contributed by atoms with Gasteiger partial charge in [0.2, 0.25) is 5.43 Å². The average Bonchev–Trinajstić information content (AvgIpc) is 3.04. The average molecular weight is 401 g/mol. The van der Waals surface area contributed by atoms with Crippen molar-refractivity contribution in [1.29, 1.82) is 0 Å². The maximum Gasteiger partial charge on any atom is 0.258 e. The number of fused-ring (bicyclic) bond motifs is 5. The molecular weight excluding hydrogens is 384 g/mol. The molecule has 0 aliphatic heterocycles. The molecular formula is C19H17ClN4O2S. The van der Waals surface area contributed by atoms with E-state index in [-0.39, 0.29) is 16.9 Å². The first kappa shape index (κ1) is 17.9. The van der Waals surface area contributed by atoms with Crippen molar-refractivity contribution in [1.82, 2.24) is 20.0 Å². The van der Waals surface area contributed by atoms with Crippen molar-refractivity contribution < 1.29 is 4.79 Å². The zero-order chi connectivity index (χ0) is 19.0. The molecule has 3 aromatic heterocycles. The lowest BCUT2D eigenvalue weighted by atomic mass is 10.1. The second-order valence-electron chi connectivity index (χ2n) is 6.13. The van der Waals surface area contributed by atoms with E-state index in [1.165, 1.54) is 11.3 Å². The summed E-state index contributed by atoms with van der Waals surface area (Å²) in [4.78, 5) is 30.9. The number of hydrogen-bond acceptors (Lipinski definition) is 5. The van der Waals surface area contributed by atoms with Crippen LogP contribution in [-0.2, 0) is 0 Å². The van der Waals surface area contributed by atoms with Gasteiger partial charge in [-0.2, -0.15) is 0 Å². The maximum absolute atomic E-state index is 13.1. The molecule has 27 heavy (non-hydrogen) atoms. The van der Waals surface area contributed by atoms with Crippen LogP contribution in [0, 0.1) is 0 Å². The van der Waals surface area contributed by atoms with Gasteiger partial charge in [-0.25, -0.2) is 4.98 Å². The molecule has 1 aromatic carbocycles. The molecule has 0 bridgehead atoms. The van der Waals surface area contributed by atoms with E-state index in [0.717, 1.165) is 23.2 Å². The summed E-state index contributed by atoms with van der Waals surface area (Å²) in [5.41, 5.74) is 1.18. The lowest BCUT2D eigenvalue weighted by Gasteiger charge is -2.09. The fourth-order valence-electron chi connectivity index (χ4n) is 3.12. The molecule has 0 saturated carbocycles. The number of thiazole rings is 1. The van der Waals surface area contributed by atoms with Crippen molar-refractivity contribution in [3.8, 4) is 0 Å². The third kappa shape index (κ3) is 3.07. The van der Waals surface area contributed by atoms with E-state index in [2.05, 4.69) is 15.6 Å². The molecule has 6 nitrogen and oxygen atoms in total. The number of rotatable bonds is 5. The Morgan fingerprint density at radius 1 is 1.22 bits per heavy atom. The maximum atomic E-state index is 13.1. The summed E-state index contributed by atoms with van der Waals surface area (Å²) >= 11 is 7.48.